The predicted octanol–water partition coefficient (Wildman–Crippen LogP) is 16.7. The van der Waals surface area contributed by atoms with Crippen molar-refractivity contribution in [2.75, 3.05) is 0 Å². The third-order valence-electron chi connectivity index (χ3n) is 10.9. The van der Waals surface area contributed by atoms with Crippen molar-refractivity contribution in [2.24, 2.45) is 0 Å². The molecule has 6 aromatic heterocycles. The van der Waals surface area contributed by atoms with Gasteiger partial charge in [0.2, 0.25) is 5.95 Å². The summed E-state index contributed by atoms with van der Waals surface area (Å²) in [5.74, 6) is -2.35. The monoisotopic (exact) mass is 2220 g/mol. The predicted molar refractivity (Wildman–Crippen MR) is 300 cm³/mol. The van der Waals surface area contributed by atoms with Crippen LogP contribution in [0.5, 0.6) is 0 Å². The van der Waals surface area contributed by atoms with Crippen molar-refractivity contribution in [3.63, 3.8) is 0 Å². The fourth-order valence-electron chi connectivity index (χ4n) is 7.09. The van der Waals surface area contributed by atoms with Crippen LogP contribution in [0, 0.1) is 85.3 Å². The number of hydrogen-bond acceptors (Lipinski definition) is 6. The Balaban J connectivity index is 0.000000509. The fourth-order valence-corrected chi connectivity index (χ4v) is 7.09. The number of nitrogens with zero attached hydrogens (tertiary/aromatic N) is 6. The Bertz CT molecular complexity index is 3710. The first-order chi connectivity index (χ1) is 39.0. The van der Waals surface area contributed by atoms with E-state index in [1.54, 1.807) is 105 Å². The van der Waals surface area contributed by atoms with Gasteiger partial charge in [-0.1, -0.05) is 55.8 Å². The number of aromatic nitrogens is 6. The summed E-state index contributed by atoms with van der Waals surface area (Å²) in [6.45, 7) is 3.65. The normalized spacial score (nSPS) is 9.30. The van der Waals surface area contributed by atoms with Gasteiger partial charge >= 0.3 is 0 Å². The van der Waals surface area contributed by atoms with Crippen LogP contribution < -0.4 is 0 Å². The van der Waals surface area contributed by atoms with Crippen LogP contribution in [-0.4, -0.2) is 29.9 Å². The van der Waals surface area contributed by atoms with Crippen LogP contribution >= 0.6 is 0 Å². The van der Waals surface area contributed by atoms with Gasteiger partial charge in [-0.2, -0.15) is 4.39 Å². The molecule has 0 N–H and O–H groups in total. The second kappa shape index (κ2) is 42.5. The molecule has 0 amide bonds. The molecule has 6 heterocycles. The van der Waals surface area contributed by atoms with Crippen LogP contribution in [-0.2, 0) is 121 Å². The van der Waals surface area contributed by atoms with Crippen molar-refractivity contribution in [1.29, 1.82) is 0 Å². The van der Waals surface area contributed by atoms with Crippen molar-refractivity contribution >= 4 is 0 Å². The van der Waals surface area contributed by atoms with Gasteiger partial charge in [0.15, 0.2) is 0 Å². The molecule has 12 rings (SSSR count). The number of benzene rings is 6. The fraction of sp³-hybridized carbons (Fsp3) is 0.0294. The van der Waals surface area contributed by atoms with Gasteiger partial charge in [-0.05, 0) is 71.7 Å². The molecule has 0 unspecified atom stereocenters. The summed E-state index contributed by atoms with van der Waals surface area (Å²) >= 11 is 0. The van der Waals surface area contributed by atoms with Gasteiger partial charge in [0, 0.05) is 180 Å². The number of rotatable bonds is 6. The second-order valence-electron chi connectivity index (χ2n) is 16.6. The van der Waals surface area contributed by atoms with Gasteiger partial charge < -0.3 is 24.9 Å². The van der Waals surface area contributed by atoms with Gasteiger partial charge in [-0.25, -0.2) is 22.0 Å². The third kappa shape index (κ3) is 25.2. The van der Waals surface area contributed by atoms with E-state index in [0.717, 1.165) is 45.9 Å². The topological polar surface area (TPSA) is 77.3 Å². The minimum atomic E-state index is -0.696. The molecule has 450 valence electrons. The van der Waals surface area contributed by atoms with Crippen molar-refractivity contribution in [2.45, 2.75) is 13.8 Å². The summed E-state index contributed by atoms with van der Waals surface area (Å²) < 4.78 is 78.5. The first kappa shape index (κ1) is 77.7. The standard InChI is InChI=1S/2C12H9FN.C11H6F2N.2C11H7FN.C11H8N.6Ir/c1-9-4-2-5-10(8-9)12-11(13)6-3-7-14-12;1-9-10(5-4-6-11(9)13)12-7-2-3-8-14-12;12-9-6-7-10(13)14-11(9)8-4-2-1-3-5-8;12-10-5-3-4-9(8-10)11-6-1-2-7-13-11;12-10-7-4-8-13-11(10)9-5-2-1-3-6-9;1-2-6-10(7-3-1)11-8-4-5-9-12-11;;;;;;/h2-7H,1H3;2-4,6-8H,1H3;1-4,6-7H;1-3,5-8H;1-5,7-8H;1-6,8-9H;;;;;;/q6*-1;;;;;;. The molecule has 0 aliphatic carbocycles. The summed E-state index contributed by atoms with van der Waals surface area (Å²) in [5, 5.41) is 0. The van der Waals surface area contributed by atoms with Gasteiger partial charge in [-0.15, -0.1) is 197 Å². The minimum Gasteiger partial charge on any atom is -0.305 e. The van der Waals surface area contributed by atoms with Gasteiger partial charge in [0.25, 0.3) is 0 Å². The Labute approximate surface area is 578 Å². The molecule has 12 aromatic rings. The molecule has 6 nitrogen and oxygen atoms in total. The maximum absolute atomic E-state index is 13.3. The maximum Gasteiger partial charge on any atom is 0.204 e. The number of pyridine rings is 6. The molecule has 0 saturated heterocycles. The zero-order valence-corrected chi connectivity index (χ0v) is 59.4. The van der Waals surface area contributed by atoms with Crippen LogP contribution in [0.3, 0.4) is 0 Å². The van der Waals surface area contributed by atoms with E-state index in [-0.39, 0.29) is 150 Å². The van der Waals surface area contributed by atoms with Crippen molar-refractivity contribution in [3.05, 3.63) is 326 Å². The van der Waals surface area contributed by atoms with Gasteiger partial charge in [0.05, 0.1) is 0 Å². The molecule has 6 radical (unpaired) electrons. The largest absolute Gasteiger partial charge is 0.305 e. The van der Waals surface area contributed by atoms with Crippen LogP contribution in [0.15, 0.2) is 243 Å². The Morgan fingerprint density at radius 3 is 1.24 bits per heavy atom. The summed E-state index contributed by atoms with van der Waals surface area (Å²) in [5.41, 5.74) is 9.01. The molecule has 0 atom stereocenters. The zero-order chi connectivity index (χ0) is 56.3. The molecule has 0 aliphatic rings. The third-order valence-corrected chi connectivity index (χ3v) is 10.9. The molecule has 0 bridgehead atoms. The summed E-state index contributed by atoms with van der Waals surface area (Å²) in [6, 6.07) is 77.4. The van der Waals surface area contributed by atoms with Crippen molar-refractivity contribution < 1.29 is 147 Å². The van der Waals surface area contributed by atoms with E-state index in [0.29, 0.717) is 39.2 Å². The quantitative estimate of drug-likeness (QED) is 0.0938. The molecule has 18 heteroatoms. The second-order valence-corrected chi connectivity index (χ2v) is 16.6. The average Bonchev–Trinajstić information content (AvgIpc) is 3.11. The molecule has 0 saturated carbocycles. The number of hydrogen-bond donors (Lipinski definition) is 0. The van der Waals surface area contributed by atoms with Crippen LogP contribution in [0.25, 0.3) is 67.5 Å². The maximum atomic E-state index is 13.3. The Kier molecular flexibility index (Phi) is 38.4. The number of aryl methyl sites for hydroxylation is 1. The first-order valence-electron chi connectivity index (χ1n) is 24.6. The molecule has 0 aliphatic heterocycles. The van der Waals surface area contributed by atoms with E-state index in [1.165, 1.54) is 30.3 Å². The Morgan fingerprint density at radius 1 is 0.314 bits per heavy atom. The molecule has 0 spiro atoms. The summed E-state index contributed by atoms with van der Waals surface area (Å²) in [7, 11) is 0. The van der Waals surface area contributed by atoms with Crippen molar-refractivity contribution in [3.8, 4) is 67.5 Å². The molecule has 0 fully saturated rings. The van der Waals surface area contributed by atoms with Gasteiger partial charge in [0.1, 0.15) is 17.5 Å². The average molecular weight is 2210 g/mol. The summed E-state index contributed by atoms with van der Waals surface area (Å²) in [4.78, 5) is 23.9. The van der Waals surface area contributed by atoms with E-state index >= 15 is 0 Å². The molecular formula is C68H46F6Ir6N6-6. The zero-order valence-electron chi connectivity index (χ0n) is 45.0. The van der Waals surface area contributed by atoms with Crippen molar-refractivity contribution in [1.82, 2.24) is 29.9 Å². The summed E-state index contributed by atoms with van der Waals surface area (Å²) in [6.07, 6.45) is 8.30. The van der Waals surface area contributed by atoms with Crippen LogP contribution in [0.1, 0.15) is 11.1 Å². The minimum absolute atomic E-state index is 0. The van der Waals surface area contributed by atoms with E-state index in [2.05, 4.69) is 66.3 Å². The Morgan fingerprint density at radius 2 is 0.756 bits per heavy atom. The smallest absolute Gasteiger partial charge is 0.204 e. The first-order valence-corrected chi connectivity index (χ1v) is 24.6. The Hall–Kier alpha value is -6.30. The van der Waals surface area contributed by atoms with E-state index in [9.17, 15) is 26.3 Å². The SMILES string of the molecule is Cc1[c-]c(-c2ncccc2F)ccc1.Cc1c(-c2ccccn2)[c-]ccc1F.Fc1cc[c-]c(-c2ccccn2)c1.Fc1ccc(F)c(-c2[c-]cccc2)n1.Fc1cccnc1-c1[c-]cccc1.[Ir].[Ir].[Ir].[Ir].[Ir].[Ir].[c-]1ccccc1-c1ccccn1. The molecule has 6 aromatic carbocycles. The van der Waals surface area contributed by atoms with Gasteiger partial charge in [-0.3, -0.25) is 4.98 Å². The van der Waals surface area contributed by atoms with E-state index < -0.39 is 11.8 Å². The number of halogens is 6. The molecular weight excluding hydrogens is 2170 g/mol. The van der Waals surface area contributed by atoms with Crippen LogP contribution in [0.2, 0.25) is 0 Å². The molecule has 86 heavy (non-hydrogen) atoms. The van der Waals surface area contributed by atoms with Crippen LogP contribution in [0.4, 0.5) is 26.3 Å². The van der Waals surface area contributed by atoms with E-state index in [4.69, 9.17) is 0 Å². The van der Waals surface area contributed by atoms with E-state index in [1.807, 2.05) is 110 Å².